The molecule has 1 saturated carbocycles. The van der Waals surface area contributed by atoms with Crippen LogP contribution >= 0.6 is 11.6 Å². The van der Waals surface area contributed by atoms with Gasteiger partial charge in [-0.05, 0) is 49.9 Å². The molecule has 1 amide bonds. The molecule has 1 fully saturated rings. The van der Waals surface area contributed by atoms with Gasteiger partial charge >= 0.3 is 5.69 Å². The second kappa shape index (κ2) is 12.0. The van der Waals surface area contributed by atoms with Crippen molar-refractivity contribution >= 4 is 17.5 Å². The lowest BCUT2D eigenvalue weighted by Crippen LogP contribution is -2.43. The van der Waals surface area contributed by atoms with Crippen LogP contribution in [0.4, 0.5) is 8.78 Å². The average Bonchev–Trinajstić information content (AvgIpc) is 3.40. The van der Waals surface area contributed by atoms with Crippen molar-refractivity contribution in [2.24, 2.45) is 5.41 Å². The fourth-order valence-corrected chi connectivity index (χ4v) is 4.87. The maximum Gasteiger partial charge on any atom is 0.348 e. The van der Waals surface area contributed by atoms with E-state index in [0.717, 1.165) is 12.8 Å². The van der Waals surface area contributed by atoms with Crippen molar-refractivity contribution in [2.45, 2.75) is 71.4 Å². The normalized spacial score (nSPS) is 15.4. The van der Waals surface area contributed by atoms with Crippen LogP contribution in [0.5, 0.6) is 5.88 Å². The summed E-state index contributed by atoms with van der Waals surface area (Å²) >= 11 is 6.41. The maximum atomic E-state index is 13.7. The molecular formula is C27H30ClF2N5O3. The number of rotatable bonds is 10. The van der Waals surface area contributed by atoms with Gasteiger partial charge in [0.15, 0.2) is 5.82 Å². The Balaban J connectivity index is 1.54. The molecular weight excluding hydrogens is 516 g/mol. The van der Waals surface area contributed by atoms with Crippen LogP contribution in [0.2, 0.25) is 5.02 Å². The van der Waals surface area contributed by atoms with Gasteiger partial charge in [0.1, 0.15) is 11.2 Å². The summed E-state index contributed by atoms with van der Waals surface area (Å²) in [6, 6.07) is 8.34. The Bertz CT molecular complexity index is 1330. The van der Waals surface area contributed by atoms with E-state index in [-0.39, 0.29) is 37.1 Å². The van der Waals surface area contributed by atoms with E-state index in [1.54, 1.807) is 30.3 Å². The second-order valence-electron chi connectivity index (χ2n) is 9.59. The van der Waals surface area contributed by atoms with Crippen molar-refractivity contribution in [1.29, 1.82) is 0 Å². The fraction of sp³-hybridized carbons (Fsp3) is 0.444. The average molecular weight is 546 g/mol. The zero-order valence-electron chi connectivity index (χ0n) is 21.3. The molecule has 11 heteroatoms. The molecule has 1 aromatic carbocycles. The van der Waals surface area contributed by atoms with Gasteiger partial charge in [-0.25, -0.2) is 23.5 Å². The number of carbonyl (C=O) groups excluding carboxylic acids is 1. The van der Waals surface area contributed by atoms with Crippen molar-refractivity contribution < 1.29 is 18.3 Å². The van der Waals surface area contributed by atoms with E-state index in [9.17, 15) is 18.4 Å². The number of hydrogen-bond acceptors (Lipinski definition) is 6. The molecule has 3 aromatic rings. The van der Waals surface area contributed by atoms with E-state index in [2.05, 4.69) is 32.2 Å². The Kier molecular flexibility index (Phi) is 8.71. The number of pyridine rings is 1. The standard InChI is InChI=1S/C27H30ClF2N5O3/c1-3-6-16(2)38-21-10-8-18(15-31-21)22-33-23(35-26(37)34-22)19-13-17(7-9-20(19)28)14-32-25(36)27(24(29)30)11-4-5-12-27/h7-10,13,15-16,24H,3-6,11-12,14H2,1-2H3,(H,32,36)(H,33,34,35,37)/t16-/m1/s1. The van der Waals surface area contributed by atoms with Crippen LogP contribution < -0.4 is 15.7 Å². The topological polar surface area (TPSA) is 110 Å². The highest BCUT2D eigenvalue weighted by molar-refractivity contribution is 6.33. The first-order chi connectivity index (χ1) is 18.2. The first kappa shape index (κ1) is 27.6. The number of amides is 1. The third kappa shape index (κ3) is 6.18. The Labute approximate surface area is 224 Å². The van der Waals surface area contributed by atoms with Gasteiger partial charge in [-0.2, -0.15) is 4.98 Å². The Morgan fingerprint density at radius 3 is 2.63 bits per heavy atom. The maximum absolute atomic E-state index is 13.7. The number of ether oxygens (including phenoxy) is 1. The monoisotopic (exact) mass is 545 g/mol. The van der Waals surface area contributed by atoms with Gasteiger partial charge in [0, 0.05) is 29.9 Å². The first-order valence-electron chi connectivity index (χ1n) is 12.7. The highest BCUT2D eigenvalue weighted by atomic mass is 35.5. The Hall–Kier alpha value is -3.40. The zero-order valence-corrected chi connectivity index (χ0v) is 22.0. The minimum Gasteiger partial charge on any atom is -0.475 e. The Morgan fingerprint density at radius 2 is 1.97 bits per heavy atom. The predicted molar refractivity (Wildman–Crippen MR) is 140 cm³/mol. The van der Waals surface area contributed by atoms with Crippen LogP contribution in [0.25, 0.3) is 22.8 Å². The van der Waals surface area contributed by atoms with Gasteiger partial charge in [0.05, 0.1) is 11.1 Å². The molecule has 2 N–H and O–H groups in total. The fourth-order valence-electron chi connectivity index (χ4n) is 4.67. The number of nitrogens with one attached hydrogen (secondary N) is 2. The predicted octanol–water partition coefficient (Wildman–Crippen LogP) is 5.56. The minimum absolute atomic E-state index is 0.0269. The Morgan fingerprint density at radius 1 is 1.21 bits per heavy atom. The lowest BCUT2D eigenvalue weighted by atomic mass is 9.85. The number of carbonyl (C=O) groups is 1. The van der Waals surface area contributed by atoms with Crippen molar-refractivity contribution in [3.8, 4) is 28.7 Å². The second-order valence-corrected chi connectivity index (χ2v) is 10.00. The van der Waals surface area contributed by atoms with Crippen molar-refractivity contribution in [1.82, 2.24) is 25.3 Å². The van der Waals surface area contributed by atoms with Crippen molar-refractivity contribution in [3.05, 3.63) is 57.6 Å². The van der Waals surface area contributed by atoms with Crippen LogP contribution in [0.1, 0.15) is 57.9 Å². The summed E-state index contributed by atoms with van der Waals surface area (Å²) < 4.78 is 33.2. The van der Waals surface area contributed by atoms with Gasteiger partial charge in [-0.15, -0.1) is 0 Å². The SMILES string of the molecule is CCC[C@@H](C)Oc1ccc(-c2nc(-c3cc(CNC(=O)C4(C(F)F)CCCC4)ccc3Cl)[nH]c(=O)n2)cn1. The lowest BCUT2D eigenvalue weighted by molar-refractivity contribution is -0.140. The number of aromatic amines is 1. The highest BCUT2D eigenvalue weighted by Crippen LogP contribution is 2.43. The molecule has 1 aliphatic rings. The van der Waals surface area contributed by atoms with Gasteiger partial charge in [-0.3, -0.25) is 9.78 Å². The third-order valence-corrected chi connectivity index (χ3v) is 7.10. The molecule has 0 saturated heterocycles. The quantitative estimate of drug-likeness (QED) is 0.345. The summed E-state index contributed by atoms with van der Waals surface area (Å²) in [7, 11) is 0. The molecule has 0 bridgehead atoms. The number of aromatic nitrogens is 4. The van der Waals surface area contributed by atoms with Crippen molar-refractivity contribution in [2.75, 3.05) is 0 Å². The number of nitrogens with zero attached hydrogens (tertiary/aromatic N) is 3. The molecule has 0 spiro atoms. The van der Waals surface area contributed by atoms with Crippen LogP contribution in [-0.4, -0.2) is 38.4 Å². The lowest BCUT2D eigenvalue weighted by Gasteiger charge is -2.26. The molecule has 1 aliphatic carbocycles. The number of H-pyrrole nitrogens is 1. The summed E-state index contributed by atoms with van der Waals surface area (Å²) in [6.45, 7) is 4.08. The van der Waals surface area contributed by atoms with Crippen molar-refractivity contribution in [3.63, 3.8) is 0 Å². The highest BCUT2D eigenvalue weighted by Gasteiger charge is 2.48. The summed E-state index contributed by atoms with van der Waals surface area (Å²) in [4.78, 5) is 40.4. The van der Waals surface area contributed by atoms with E-state index in [0.29, 0.717) is 40.4 Å². The minimum atomic E-state index is -2.72. The van der Waals surface area contributed by atoms with E-state index in [1.165, 1.54) is 6.20 Å². The van der Waals surface area contributed by atoms with E-state index >= 15 is 0 Å². The van der Waals surface area contributed by atoms with E-state index in [1.807, 2.05) is 6.92 Å². The molecule has 0 unspecified atom stereocenters. The van der Waals surface area contributed by atoms with Crippen LogP contribution in [0.15, 0.2) is 41.3 Å². The smallest absolute Gasteiger partial charge is 0.348 e. The van der Waals surface area contributed by atoms with Gasteiger partial charge in [0.2, 0.25) is 11.8 Å². The number of halogens is 3. The van der Waals surface area contributed by atoms with Crippen LogP contribution in [0.3, 0.4) is 0 Å². The molecule has 202 valence electrons. The molecule has 2 heterocycles. The zero-order chi connectivity index (χ0) is 27.3. The van der Waals surface area contributed by atoms with Crippen LogP contribution in [0, 0.1) is 5.41 Å². The molecule has 0 radical (unpaired) electrons. The third-order valence-electron chi connectivity index (χ3n) is 6.77. The summed E-state index contributed by atoms with van der Waals surface area (Å²) in [6.07, 6.45) is 2.30. The van der Waals surface area contributed by atoms with E-state index in [4.69, 9.17) is 16.3 Å². The molecule has 1 atom stereocenters. The van der Waals surface area contributed by atoms with Gasteiger partial charge < -0.3 is 10.1 Å². The molecule has 38 heavy (non-hydrogen) atoms. The molecule has 2 aromatic heterocycles. The summed E-state index contributed by atoms with van der Waals surface area (Å²) in [5, 5.41) is 2.96. The van der Waals surface area contributed by atoms with Crippen LogP contribution in [-0.2, 0) is 11.3 Å². The summed E-state index contributed by atoms with van der Waals surface area (Å²) in [5.74, 6) is 0.140. The van der Waals surface area contributed by atoms with Gasteiger partial charge in [0.25, 0.3) is 6.43 Å². The molecule has 4 rings (SSSR count). The number of alkyl halides is 2. The number of benzene rings is 1. The van der Waals surface area contributed by atoms with Gasteiger partial charge in [-0.1, -0.05) is 43.9 Å². The molecule has 0 aliphatic heterocycles. The van der Waals surface area contributed by atoms with E-state index < -0.39 is 23.4 Å². The number of hydrogen-bond donors (Lipinski definition) is 2. The summed E-state index contributed by atoms with van der Waals surface area (Å²) in [5.41, 5.74) is -0.724. The first-order valence-corrected chi connectivity index (χ1v) is 13.1. The largest absolute Gasteiger partial charge is 0.475 e. The molecule has 8 nitrogen and oxygen atoms in total.